The van der Waals surface area contributed by atoms with Crippen LogP contribution in [0.2, 0.25) is 0 Å². The lowest BCUT2D eigenvalue weighted by Gasteiger charge is -2.22. The van der Waals surface area contributed by atoms with Crippen LogP contribution in [0.4, 0.5) is 5.82 Å². The Morgan fingerprint density at radius 3 is 2.59 bits per heavy atom. The van der Waals surface area contributed by atoms with Gasteiger partial charge in [-0.2, -0.15) is 5.10 Å². The van der Waals surface area contributed by atoms with Crippen molar-refractivity contribution >= 4 is 16.9 Å². The lowest BCUT2D eigenvalue weighted by atomic mass is 9.96. The molecule has 1 N–H and O–H groups in total. The summed E-state index contributed by atoms with van der Waals surface area (Å²) in [5.41, 5.74) is 4.12. The number of hydrogen-bond donors (Lipinski definition) is 1. The molecule has 0 saturated carbocycles. The van der Waals surface area contributed by atoms with Gasteiger partial charge in [-0.1, -0.05) is 18.2 Å². The smallest absolute Gasteiger partial charge is 0.163 e. The zero-order valence-electron chi connectivity index (χ0n) is 18.8. The van der Waals surface area contributed by atoms with E-state index >= 15 is 0 Å². The first-order valence-corrected chi connectivity index (χ1v) is 10.8. The predicted molar refractivity (Wildman–Crippen MR) is 124 cm³/mol. The molecule has 0 spiro atoms. The fourth-order valence-electron chi connectivity index (χ4n) is 4.13. The van der Waals surface area contributed by atoms with E-state index in [9.17, 15) is 0 Å². The molecule has 1 aliphatic rings. The summed E-state index contributed by atoms with van der Waals surface area (Å²) in [5, 5.41) is 9.15. The van der Waals surface area contributed by atoms with Gasteiger partial charge in [-0.3, -0.25) is 0 Å². The highest BCUT2D eigenvalue weighted by Crippen LogP contribution is 2.34. The van der Waals surface area contributed by atoms with Crippen molar-refractivity contribution in [2.75, 3.05) is 19.0 Å². The van der Waals surface area contributed by atoms with E-state index in [1.807, 2.05) is 23.0 Å². The van der Waals surface area contributed by atoms with Crippen LogP contribution in [0.3, 0.4) is 0 Å². The molecule has 5 rings (SSSR count). The van der Waals surface area contributed by atoms with Crippen LogP contribution < -0.4 is 14.8 Å². The summed E-state index contributed by atoms with van der Waals surface area (Å²) in [7, 11) is 1.68. The minimum Gasteiger partial charge on any atom is -0.497 e. The van der Waals surface area contributed by atoms with Gasteiger partial charge in [0.05, 0.1) is 36.9 Å². The highest BCUT2D eigenvalue weighted by atomic mass is 16.5. The lowest BCUT2D eigenvalue weighted by Crippen LogP contribution is -2.23. The number of fused-ring (bicyclic) bond motifs is 2. The summed E-state index contributed by atoms with van der Waals surface area (Å²) >= 11 is 0. The third-order valence-corrected chi connectivity index (χ3v) is 5.78. The summed E-state index contributed by atoms with van der Waals surface area (Å²) < 4.78 is 13.0. The number of methoxy groups -OCH3 is 1. The van der Waals surface area contributed by atoms with Crippen molar-refractivity contribution in [2.24, 2.45) is 0 Å². The van der Waals surface area contributed by atoms with Crippen molar-refractivity contribution in [1.82, 2.24) is 19.7 Å². The molecule has 0 saturated heterocycles. The molecule has 7 nitrogen and oxygen atoms in total. The molecule has 2 aromatic carbocycles. The Kier molecular flexibility index (Phi) is 4.96. The number of nitrogens with zero attached hydrogens (tertiary/aromatic N) is 4. The maximum absolute atomic E-state index is 5.71. The van der Waals surface area contributed by atoms with Gasteiger partial charge in [-0.05, 0) is 61.7 Å². The second kappa shape index (κ2) is 7.82. The maximum Gasteiger partial charge on any atom is 0.163 e. The zero-order chi connectivity index (χ0) is 22.3. The van der Waals surface area contributed by atoms with Crippen molar-refractivity contribution in [3.8, 4) is 11.5 Å². The van der Waals surface area contributed by atoms with E-state index in [0.717, 1.165) is 52.5 Å². The third-order valence-electron chi connectivity index (χ3n) is 5.78. The molecule has 1 aliphatic heterocycles. The monoisotopic (exact) mass is 429 g/mol. The Hall–Kier alpha value is -3.61. The van der Waals surface area contributed by atoms with Crippen LogP contribution in [0, 0.1) is 0 Å². The van der Waals surface area contributed by atoms with Crippen LogP contribution >= 0.6 is 0 Å². The molecular weight excluding hydrogens is 402 g/mol. The van der Waals surface area contributed by atoms with Gasteiger partial charge in [-0.25, -0.2) is 14.6 Å². The Labute approximate surface area is 187 Å². The van der Waals surface area contributed by atoms with Crippen molar-refractivity contribution in [3.63, 3.8) is 0 Å². The van der Waals surface area contributed by atoms with Gasteiger partial charge in [0.25, 0.3) is 0 Å². The molecule has 7 heteroatoms. The van der Waals surface area contributed by atoms with E-state index < -0.39 is 0 Å². The van der Waals surface area contributed by atoms with Gasteiger partial charge in [0.1, 0.15) is 23.6 Å². The van der Waals surface area contributed by atoms with Gasteiger partial charge in [0.15, 0.2) is 5.65 Å². The van der Waals surface area contributed by atoms with Crippen LogP contribution in [0.5, 0.6) is 11.5 Å². The van der Waals surface area contributed by atoms with Gasteiger partial charge < -0.3 is 14.8 Å². The zero-order valence-corrected chi connectivity index (χ0v) is 18.8. The summed E-state index contributed by atoms with van der Waals surface area (Å²) in [6.07, 6.45) is 4.36. The van der Waals surface area contributed by atoms with Crippen molar-refractivity contribution in [1.29, 1.82) is 0 Å². The summed E-state index contributed by atoms with van der Waals surface area (Å²) in [6.45, 7) is 7.07. The highest BCUT2D eigenvalue weighted by molar-refractivity contribution is 5.86. The molecule has 164 valence electrons. The summed E-state index contributed by atoms with van der Waals surface area (Å²) in [6, 6.07) is 14.4. The molecule has 0 fully saturated rings. The fraction of sp³-hybridized carbons (Fsp3) is 0.320. The van der Waals surface area contributed by atoms with E-state index in [1.165, 1.54) is 5.56 Å². The summed E-state index contributed by atoms with van der Waals surface area (Å²) in [5.74, 6) is 2.55. The van der Waals surface area contributed by atoms with Gasteiger partial charge in [0.2, 0.25) is 0 Å². The van der Waals surface area contributed by atoms with Crippen molar-refractivity contribution < 1.29 is 9.47 Å². The molecule has 1 unspecified atom stereocenters. The number of hydrogen-bond acceptors (Lipinski definition) is 6. The van der Waals surface area contributed by atoms with Crippen LogP contribution in [-0.4, -0.2) is 33.5 Å². The number of rotatable bonds is 5. The van der Waals surface area contributed by atoms with Gasteiger partial charge in [-0.15, -0.1) is 0 Å². The van der Waals surface area contributed by atoms with Gasteiger partial charge >= 0.3 is 0 Å². The molecule has 2 aromatic heterocycles. The third kappa shape index (κ3) is 3.64. The Bertz CT molecular complexity index is 1260. The second-order valence-electron chi connectivity index (χ2n) is 9.00. The number of benzene rings is 2. The number of ether oxygens (including phenoxy) is 2. The van der Waals surface area contributed by atoms with Crippen LogP contribution in [-0.2, 0) is 12.0 Å². The van der Waals surface area contributed by atoms with E-state index in [1.54, 1.807) is 13.4 Å². The first-order valence-electron chi connectivity index (χ1n) is 10.8. The highest BCUT2D eigenvalue weighted by Gasteiger charge is 2.23. The Morgan fingerprint density at radius 1 is 1.06 bits per heavy atom. The molecule has 1 atom stereocenters. The first kappa shape index (κ1) is 20.3. The minimum atomic E-state index is -0.178. The van der Waals surface area contributed by atoms with E-state index in [2.05, 4.69) is 71.5 Å². The maximum atomic E-state index is 5.71. The topological polar surface area (TPSA) is 74.1 Å². The molecule has 4 aromatic rings. The van der Waals surface area contributed by atoms with Crippen LogP contribution in [0.1, 0.15) is 43.5 Å². The molecule has 0 bridgehead atoms. The molecule has 3 heterocycles. The molecule has 0 aliphatic carbocycles. The molecule has 0 amide bonds. The van der Waals surface area contributed by atoms with Crippen LogP contribution in [0.25, 0.3) is 11.0 Å². The number of anilines is 1. The van der Waals surface area contributed by atoms with E-state index in [4.69, 9.17) is 9.47 Å². The first-order chi connectivity index (χ1) is 15.4. The minimum absolute atomic E-state index is 0.108. The second-order valence-corrected chi connectivity index (χ2v) is 9.00. The predicted octanol–water partition coefficient (Wildman–Crippen LogP) is 4.73. The van der Waals surface area contributed by atoms with E-state index in [-0.39, 0.29) is 11.6 Å². The van der Waals surface area contributed by atoms with Crippen LogP contribution in [0.15, 0.2) is 55.0 Å². The Balaban J connectivity index is 1.59. The molecule has 0 radical (unpaired) electrons. The largest absolute Gasteiger partial charge is 0.497 e. The lowest BCUT2D eigenvalue weighted by molar-refractivity contribution is 0.357. The van der Waals surface area contributed by atoms with Crippen molar-refractivity contribution in [3.05, 3.63) is 71.7 Å². The molecular formula is C25H27N5O2. The SMILES string of the molecule is COc1ccc(C(Nc2ncnc3c2cnn3C(C)(C)C)c2ccc3c(c2)CCO3)cc1. The standard InChI is InChI=1S/C25H27N5O2/c1-25(2,3)30-24-20(14-28-30)23(26-15-27-24)29-22(16-5-8-19(31-4)9-6-16)18-7-10-21-17(13-18)11-12-32-21/h5-10,13-15,22H,11-12H2,1-4H3,(H,26,27,29). The van der Waals surface area contributed by atoms with Gasteiger partial charge in [0, 0.05) is 6.42 Å². The number of nitrogens with one attached hydrogen (secondary N) is 1. The average molecular weight is 430 g/mol. The Morgan fingerprint density at radius 2 is 1.84 bits per heavy atom. The van der Waals surface area contributed by atoms with Crippen molar-refractivity contribution in [2.45, 2.75) is 38.8 Å². The van der Waals surface area contributed by atoms with E-state index in [0.29, 0.717) is 0 Å². The normalized spacial score (nSPS) is 14.1. The summed E-state index contributed by atoms with van der Waals surface area (Å²) in [4.78, 5) is 9.08. The average Bonchev–Trinajstić information content (AvgIpc) is 3.44. The number of aromatic nitrogens is 4. The fourth-order valence-corrected chi connectivity index (χ4v) is 4.13. The quantitative estimate of drug-likeness (QED) is 0.495. The molecule has 32 heavy (non-hydrogen) atoms.